The van der Waals surface area contributed by atoms with Gasteiger partial charge >= 0.3 is 0 Å². The maximum Gasteiger partial charge on any atom is 0.136 e. The van der Waals surface area contributed by atoms with E-state index >= 15 is 0 Å². The van der Waals surface area contributed by atoms with Crippen LogP contribution in [0.3, 0.4) is 0 Å². The summed E-state index contributed by atoms with van der Waals surface area (Å²) in [6.45, 7) is 5.06. The SMILES string of the molecule is CCCNc1cc(Nc2cn(C)nc2C)nc(C2CC2)n1. The molecule has 0 aromatic carbocycles. The summed E-state index contributed by atoms with van der Waals surface area (Å²) in [6.07, 6.45) is 5.44. The van der Waals surface area contributed by atoms with Crippen LogP contribution in [0.2, 0.25) is 0 Å². The van der Waals surface area contributed by atoms with Gasteiger partial charge in [-0.2, -0.15) is 5.10 Å². The zero-order valence-electron chi connectivity index (χ0n) is 12.8. The average Bonchev–Trinajstić information content (AvgIpc) is 3.24. The van der Waals surface area contributed by atoms with E-state index in [-0.39, 0.29) is 0 Å². The summed E-state index contributed by atoms with van der Waals surface area (Å²) in [6, 6.07) is 1.97. The number of nitrogens with one attached hydrogen (secondary N) is 2. The molecule has 1 saturated carbocycles. The minimum absolute atomic E-state index is 0.531. The van der Waals surface area contributed by atoms with E-state index in [9.17, 15) is 0 Å². The molecule has 2 aromatic heterocycles. The van der Waals surface area contributed by atoms with Gasteiger partial charge in [-0.3, -0.25) is 4.68 Å². The number of hydrogen-bond acceptors (Lipinski definition) is 5. The lowest BCUT2D eigenvalue weighted by atomic mass is 10.3. The summed E-state index contributed by atoms with van der Waals surface area (Å²) in [4.78, 5) is 9.27. The Kier molecular flexibility index (Phi) is 3.77. The normalized spacial score (nSPS) is 14.2. The summed E-state index contributed by atoms with van der Waals surface area (Å²) in [7, 11) is 1.92. The molecule has 2 aromatic rings. The van der Waals surface area contributed by atoms with Crippen LogP contribution < -0.4 is 10.6 Å². The second-order valence-electron chi connectivity index (χ2n) is 5.62. The summed E-state index contributed by atoms with van der Waals surface area (Å²) in [5.41, 5.74) is 1.95. The summed E-state index contributed by atoms with van der Waals surface area (Å²) >= 11 is 0. The summed E-state index contributed by atoms with van der Waals surface area (Å²) < 4.78 is 1.80. The van der Waals surface area contributed by atoms with Gasteiger partial charge in [0.2, 0.25) is 0 Å². The minimum Gasteiger partial charge on any atom is -0.370 e. The van der Waals surface area contributed by atoms with Crippen LogP contribution in [0.15, 0.2) is 12.3 Å². The molecule has 0 spiro atoms. The predicted molar refractivity (Wildman–Crippen MR) is 84.0 cm³/mol. The largest absolute Gasteiger partial charge is 0.370 e. The van der Waals surface area contributed by atoms with Crippen molar-refractivity contribution in [3.63, 3.8) is 0 Å². The summed E-state index contributed by atoms with van der Waals surface area (Å²) in [5.74, 6) is 3.21. The molecule has 21 heavy (non-hydrogen) atoms. The van der Waals surface area contributed by atoms with E-state index < -0.39 is 0 Å². The Hall–Kier alpha value is -2.11. The molecule has 2 heterocycles. The lowest BCUT2D eigenvalue weighted by molar-refractivity contribution is 0.756. The van der Waals surface area contributed by atoms with E-state index in [1.165, 1.54) is 12.8 Å². The Balaban J connectivity index is 1.85. The molecule has 0 radical (unpaired) electrons. The first-order chi connectivity index (χ1) is 10.2. The molecule has 0 atom stereocenters. The first-order valence-electron chi connectivity index (χ1n) is 7.56. The van der Waals surface area contributed by atoms with Crippen molar-refractivity contribution in [3.05, 3.63) is 23.8 Å². The molecule has 3 rings (SSSR count). The van der Waals surface area contributed by atoms with Crippen molar-refractivity contribution in [1.29, 1.82) is 0 Å². The molecule has 0 saturated heterocycles. The van der Waals surface area contributed by atoms with Gasteiger partial charge in [0.25, 0.3) is 0 Å². The molecule has 6 heteroatoms. The number of hydrogen-bond donors (Lipinski definition) is 2. The first kappa shape index (κ1) is 13.9. The van der Waals surface area contributed by atoms with Crippen LogP contribution in [0.4, 0.5) is 17.3 Å². The van der Waals surface area contributed by atoms with Gasteiger partial charge in [-0.15, -0.1) is 0 Å². The average molecular weight is 286 g/mol. The highest BCUT2D eigenvalue weighted by Crippen LogP contribution is 2.39. The maximum absolute atomic E-state index is 4.65. The third kappa shape index (κ3) is 3.32. The first-order valence-corrected chi connectivity index (χ1v) is 7.56. The quantitative estimate of drug-likeness (QED) is 0.854. The molecule has 112 valence electrons. The van der Waals surface area contributed by atoms with Crippen molar-refractivity contribution in [1.82, 2.24) is 19.7 Å². The Morgan fingerprint density at radius 2 is 2.05 bits per heavy atom. The smallest absolute Gasteiger partial charge is 0.136 e. The van der Waals surface area contributed by atoms with Gasteiger partial charge in [-0.25, -0.2) is 9.97 Å². The van der Waals surface area contributed by atoms with Crippen molar-refractivity contribution in [2.75, 3.05) is 17.2 Å². The highest BCUT2D eigenvalue weighted by atomic mass is 15.3. The zero-order chi connectivity index (χ0) is 14.8. The lowest BCUT2D eigenvalue weighted by Gasteiger charge is -2.10. The Bertz CT molecular complexity index is 629. The van der Waals surface area contributed by atoms with E-state index in [2.05, 4.69) is 32.6 Å². The number of rotatable bonds is 6. The lowest BCUT2D eigenvalue weighted by Crippen LogP contribution is -2.07. The molecule has 1 aliphatic carbocycles. The third-order valence-corrected chi connectivity index (χ3v) is 3.52. The monoisotopic (exact) mass is 286 g/mol. The Labute approximate surface area is 125 Å². The molecule has 0 aliphatic heterocycles. The molecule has 0 bridgehead atoms. The van der Waals surface area contributed by atoms with E-state index in [0.29, 0.717) is 5.92 Å². The van der Waals surface area contributed by atoms with Crippen molar-refractivity contribution in [3.8, 4) is 0 Å². The van der Waals surface area contributed by atoms with Gasteiger partial charge in [0.05, 0.1) is 11.4 Å². The van der Waals surface area contributed by atoms with Crippen molar-refractivity contribution in [2.45, 2.75) is 39.0 Å². The fourth-order valence-corrected chi connectivity index (χ4v) is 2.26. The third-order valence-electron chi connectivity index (χ3n) is 3.52. The van der Waals surface area contributed by atoms with Crippen molar-refractivity contribution < 1.29 is 0 Å². The molecule has 0 amide bonds. The topological polar surface area (TPSA) is 67.7 Å². The standard InChI is InChI=1S/C15H22N6/c1-4-7-16-13-8-14(19-15(18-13)11-5-6-11)17-12-9-21(3)20-10(12)2/h8-9,11H,4-7H2,1-3H3,(H2,16,17,18,19). The van der Waals surface area contributed by atoms with E-state index in [1.807, 2.05) is 26.2 Å². The fraction of sp³-hybridized carbons (Fsp3) is 0.533. The number of nitrogens with zero attached hydrogens (tertiary/aromatic N) is 4. The van der Waals surface area contributed by atoms with Crippen LogP contribution in [0.1, 0.15) is 43.6 Å². The highest BCUT2D eigenvalue weighted by Gasteiger charge is 2.27. The second-order valence-corrected chi connectivity index (χ2v) is 5.62. The van der Waals surface area contributed by atoms with Gasteiger partial charge in [-0.1, -0.05) is 6.92 Å². The maximum atomic E-state index is 4.65. The van der Waals surface area contributed by atoms with Crippen LogP contribution in [-0.2, 0) is 7.05 Å². The molecule has 1 fully saturated rings. The molecule has 0 unspecified atom stereocenters. The molecular formula is C15H22N6. The van der Waals surface area contributed by atoms with E-state index in [4.69, 9.17) is 0 Å². The number of aryl methyl sites for hydroxylation is 2. The molecule has 6 nitrogen and oxygen atoms in total. The van der Waals surface area contributed by atoms with Crippen LogP contribution in [-0.4, -0.2) is 26.3 Å². The molecule has 2 N–H and O–H groups in total. The molecule has 1 aliphatic rings. The van der Waals surface area contributed by atoms with Gasteiger partial charge < -0.3 is 10.6 Å². The number of anilines is 3. The van der Waals surface area contributed by atoms with Gasteiger partial charge in [0.15, 0.2) is 0 Å². The number of aromatic nitrogens is 4. The Morgan fingerprint density at radius 3 is 2.67 bits per heavy atom. The van der Waals surface area contributed by atoms with Crippen LogP contribution >= 0.6 is 0 Å². The van der Waals surface area contributed by atoms with Gasteiger partial charge in [0, 0.05) is 31.8 Å². The fourth-order valence-electron chi connectivity index (χ4n) is 2.26. The zero-order valence-corrected chi connectivity index (χ0v) is 12.8. The van der Waals surface area contributed by atoms with Crippen molar-refractivity contribution >= 4 is 17.3 Å². The van der Waals surface area contributed by atoms with Crippen LogP contribution in [0.25, 0.3) is 0 Å². The molecular weight excluding hydrogens is 264 g/mol. The van der Waals surface area contributed by atoms with Gasteiger partial charge in [0.1, 0.15) is 17.5 Å². The van der Waals surface area contributed by atoms with Crippen LogP contribution in [0, 0.1) is 6.92 Å². The van der Waals surface area contributed by atoms with Crippen molar-refractivity contribution in [2.24, 2.45) is 7.05 Å². The highest BCUT2D eigenvalue weighted by molar-refractivity contribution is 5.60. The summed E-state index contributed by atoms with van der Waals surface area (Å²) in [5, 5.41) is 11.1. The Morgan fingerprint density at radius 1 is 1.29 bits per heavy atom. The van der Waals surface area contributed by atoms with Gasteiger partial charge in [-0.05, 0) is 26.2 Å². The van der Waals surface area contributed by atoms with E-state index in [1.54, 1.807) is 4.68 Å². The van der Waals surface area contributed by atoms with Crippen LogP contribution in [0.5, 0.6) is 0 Å². The second kappa shape index (κ2) is 5.71. The van der Waals surface area contributed by atoms with E-state index in [0.717, 1.165) is 41.8 Å². The predicted octanol–water partition coefficient (Wildman–Crippen LogP) is 2.96. The minimum atomic E-state index is 0.531.